The Morgan fingerprint density at radius 1 is 0.583 bits per heavy atom. The fourth-order valence-corrected chi connectivity index (χ4v) is 9.66. The third-order valence-electron chi connectivity index (χ3n) is 13.1. The van der Waals surface area contributed by atoms with Crippen molar-refractivity contribution in [3.8, 4) is 0 Å². The van der Waals surface area contributed by atoms with Crippen molar-refractivity contribution >= 4 is 18.2 Å². The zero-order valence-corrected chi connectivity index (χ0v) is 42.7. The minimum absolute atomic E-state index is 0.0597. The molecule has 1 aliphatic rings. The van der Waals surface area contributed by atoms with Crippen molar-refractivity contribution in [2.45, 2.75) is 234 Å². The maximum Gasteiger partial charge on any atom is 0.257 e. The molecule has 0 fully saturated rings. The van der Waals surface area contributed by atoms with E-state index in [1.54, 1.807) is 6.08 Å². The highest BCUT2D eigenvalue weighted by molar-refractivity contribution is 6.08. The quantitative estimate of drug-likeness (QED) is 0.0250. The molecule has 1 heterocycles. The van der Waals surface area contributed by atoms with Gasteiger partial charge >= 0.3 is 0 Å². The molecule has 414 valence electrons. The summed E-state index contributed by atoms with van der Waals surface area (Å²) in [6.45, 7) is 3.99. The molecule has 1 aliphatic heterocycles. The van der Waals surface area contributed by atoms with Gasteiger partial charge in [-0.2, -0.15) is 0 Å². The van der Waals surface area contributed by atoms with E-state index in [0.29, 0.717) is 30.9 Å². The van der Waals surface area contributed by atoms with E-state index in [1.807, 2.05) is 37.3 Å². The second-order valence-corrected chi connectivity index (χ2v) is 20.5. The number of carbonyl (C=O) groups excluding carboxylic acids is 3. The van der Waals surface area contributed by atoms with Crippen LogP contribution < -0.4 is 5.32 Å². The van der Waals surface area contributed by atoms with E-state index in [-0.39, 0.29) is 95.4 Å². The van der Waals surface area contributed by atoms with E-state index >= 15 is 0 Å². The fourth-order valence-electron chi connectivity index (χ4n) is 9.66. The minimum Gasteiger partial charge on any atom is -0.499 e. The highest BCUT2D eigenvalue weighted by Gasteiger charge is 2.37. The fraction of sp³-hybridized carbons (Fsp3) is 0.755. The van der Waals surface area contributed by atoms with E-state index in [0.717, 1.165) is 56.1 Å². The van der Waals surface area contributed by atoms with Gasteiger partial charge in [0, 0.05) is 31.5 Å². The van der Waals surface area contributed by atoms with Crippen LogP contribution in [-0.4, -0.2) is 189 Å². The molecule has 72 heavy (non-hydrogen) atoms. The van der Waals surface area contributed by atoms with Crippen molar-refractivity contribution in [1.82, 2.24) is 10.2 Å². The number of aliphatic hydroxyl groups excluding tert-OH is 13. The van der Waals surface area contributed by atoms with Gasteiger partial charge < -0.3 is 76.4 Å². The van der Waals surface area contributed by atoms with Crippen molar-refractivity contribution in [3.63, 3.8) is 0 Å². The maximum atomic E-state index is 13.3. The highest BCUT2D eigenvalue weighted by Crippen LogP contribution is 2.27. The van der Waals surface area contributed by atoms with Crippen LogP contribution in [0.15, 0.2) is 53.8 Å². The number of nitrogens with one attached hydrogen (secondary N) is 1. The monoisotopic (exact) mass is 1030 g/mol. The largest absolute Gasteiger partial charge is 0.499 e. The first-order valence-electron chi connectivity index (χ1n) is 25.9. The molecule has 15 atom stereocenters. The molecule has 0 saturated carbocycles. The van der Waals surface area contributed by atoms with Gasteiger partial charge in [-0.3, -0.25) is 19.3 Å². The number of ether oxygens (including phenoxy) is 1. The van der Waals surface area contributed by atoms with Crippen LogP contribution in [0, 0.1) is 5.92 Å². The van der Waals surface area contributed by atoms with E-state index in [1.165, 1.54) is 18.1 Å². The molecule has 0 saturated heterocycles. The Morgan fingerprint density at radius 2 is 0.958 bits per heavy atom. The Labute approximate surface area is 425 Å². The summed E-state index contributed by atoms with van der Waals surface area (Å²) < 4.78 is 5.45. The van der Waals surface area contributed by atoms with Gasteiger partial charge in [0.2, 0.25) is 6.41 Å². The van der Waals surface area contributed by atoms with Crippen LogP contribution in [0.2, 0.25) is 0 Å². The highest BCUT2D eigenvalue weighted by atomic mass is 16.5. The van der Waals surface area contributed by atoms with Crippen molar-refractivity contribution in [1.29, 1.82) is 0 Å². The normalized spacial score (nSPS) is 20.2. The summed E-state index contributed by atoms with van der Waals surface area (Å²) >= 11 is 0. The number of hydrogen-bond acceptors (Lipinski definition) is 17. The predicted molar refractivity (Wildman–Crippen MR) is 268 cm³/mol. The Balaban J connectivity index is 1.56. The van der Waals surface area contributed by atoms with Crippen LogP contribution in [0.4, 0.5) is 0 Å². The molecule has 19 nitrogen and oxygen atoms in total. The topological polar surface area (TPSA) is 339 Å². The van der Waals surface area contributed by atoms with Gasteiger partial charge in [-0.25, -0.2) is 0 Å². The van der Waals surface area contributed by atoms with Gasteiger partial charge in [0.15, 0.2) is 0 Å². The summed E-state index contributed by atoms with van der Waals surface area (Å²) in [5.41, 5.74) is 1.90. The molecule has 2 rings (SSSR count). The van der Waals surface area contributed by atoms with Crippen molar-refractivity contribution in [2.75, 3.05) is 13.7 Å². The van der Waals surface area contributed by atoms with E-state index < -0.39 is 85.4 Å². The van der Waals surface area contributed by atoms with Crippen molar-refractivity contribution < 1.29 is 85.5 Å². The molecule has 0 radical (unpaired) electrons. The summed E-state index contributed by atoms with van der Waals surface area (Å²) in [5, 5.41) is 136. The lowest BCUT2D eigenvalue weighted by Crippen LogP contribution is -2.41. The van der Waals surface area contributed by atoms with Crippen LogP contribution in [0.3, 0.4) is 0 Å². The Bertz CT molecular complexity index is 1710. The third-order valence-corrected chi connectivity index (χ3v) is 13.1. The van der Waals surface area contributed by atoms with Crippen molar-refractivity contribution in [3.05, 3.63) is 59.4 Å². The van der Waals surface area contributed by atoms with E-state index in [9.17, 15) is 80.8 Å². The van der Waals surface area contributed by atoms with Crippen LogP contribution in [0.5, 0.6) is 0 Å². The molecule has 19 heteroatoms. The summed E-state index contributed by atoms with van der Waals surface area (Å²) in [4.78, 5) is 37.7. The number of aliphatic hydroxyl groups is 13. The molecular formula is C53H90N2O17. The standard InChI is InChI=1S/C53H90N2O17/c1-34(16-35(2)17-52(70)55-50(51(72-3)31-53(55)71)18-36-13-9-7-10-14-36)12-8-5-4-6-11-15-37(57)19-38(58)20-39(59)21-40(60)22-41(61)23-42(62)24-43(63)25-44(64)26-45(65)27-46(66)28-47(67)29-48(68)30-49(69)32-54-33-56/h7,9-10,13-14,17,31,33-34,37-50,57-69H,4-6,8,11-12,15-16,18-30,32H2,1-3H3,(H,54,56)/b35-17-/t34?,37-,38+,39+,40?,41?,42?,43?,44?,45?,46+,47+,48+,49-,50-/m0/s1. The number of rotatable bonds is 41. The van der Waals surface area contributed by atoms with Crippen LogP contribution in [0.25, 0.3) is 0 Å². The summed E-state index contributed by atoms with van der Waals surface area (Å²) in [7, 11) is 1.50. The molecule has 1 aromatic rings. The Hall–Kier alpha value is -3.41. The molecular weight excluding hydrogens is 937 g/mol. The first-order valence-corrected chi connectivity index (χ1v) is 25.9. The van der Waals surface area contributed by atoms with Gasteiger partial charge in [-0.15, -0.1) is 0 Å². The molecule has 0 bridgehead atoms. The van der Waals surface area contributed by atoms with Crippen LogP contribution >= 0.6 is 0 Å². The first kappa shape index (κ1) is 64.7. The SMILES string of the molecule is COC1=CC(=O)N(C(=O)/C=C(/C)CC(C)CCCCCCC[C@H](O)C[C@@H](O)C[C@@H](O)CC(O)CC(O)CC(O)CC(O)CC(O)CC(O)C[C@@H](O)C[C@@H](O)C[C@@H](O)C[C@H](O)CNC=O)[C@H]1Cc1ccccc1. The molecule has 1 aromatic carbocycles. The molecule has 14 N–H and O–H groups in total. The molecule has 0 spiro atoms. The molecule has 7 unspecified atom stereocenters. The predicted octanol–water partition coefficient (Wildman–Crippen LogP) is 1.32. The third kappa shape index (κ3) is 28.3. The Kier molecular flexibility index (Phi) is 32.1. The second-order valence-electron chi connectivity index (χ2n) is 20.5. The number of carbonyl (C=O) groups is 3. The number of benzene rings is 1. The number of hydrogen-bond donors (Lipinski definition) is 14. The average molecular weight is 1030 g/mol. The first-order chi connectivity index (χ1) is 34.1. The number of imide groups is 1. The second kappa shape index (κ2) is 35.7. The van der Waals surface area contributed by atoms with E-state index in [4.69, 9.17) is 4.74 Å². The lowest BCUT2D eigenvalue weighted by molar-refractivity contribution is -0.139. The van der Waals surface area contributed by atoms with Gasteiger partial charge in [0.1, 0.15) is 11.8 Å². The lowest BCUT2D eigenvalue weighted by Gasteiger charge is -2.24. The van der Waals surface area contributed by atoms with E-state index in [2.05, 4.69) is 12.2 Å². The number of unbranched alkanes of at least 4 members (excludes halogenated alkanes) is 4. The molecule has 0 aromatic heterocycles. The lowest BCUT2D eigenvalue weighted by atomic mass is 9.94. The van der Waals surface area contributed by atoms with Gasteiger partial charge in [-0.05, 0) is 102 Å². The Morgan fingerprint density at radius 3 is 1.36 bits per heavy atom. The minimum atomic E-state index is -1.22. The van der Waals surface area contributed by atoms with Crippen molar-refractivity contribution in [2.24, 2.45) is 5.92 Å². The zero-order chi connectivity index (χ0) is 53.8. The van der Waals surface area contributed by atoms with Gasteiger partial charge in [0.25, 0.3) is 11.8 Å². The number of nitrogens with zero attached hydrogens (tertiary/aromatic N) is 1. The summed E-state index contributed by atoms with van der Waals surface area (Å²) in [6.07, 6.45) is -5.81. The summed E-state index contributed by atoms with van der Waals surface area (Å²) in [5.74, 6) is 0.0821. The number of amides is 3. The smallest absolute Gasteiger partial charge is 0.257 e. The number of methoxy groups -OCH3 is 1. The van der Waals surface area contributed by atoms with Gasteiger partial charge in [-0.1, -0.05) is 81.4 Å². The summed E-state index contributed by atoms with van der Waals surface area (Å²) in [6, 6.07) is 9.17. The van der Waals surface area contributed by atoms with Gasteiger partial charge in [0.05, 0.1) is 86.5 Å². The number of allylic oxidation sites excluding steroid dienone is 1. The zero-order valence-electron chi connectivity index (χ0n) is 42.7. The maximum absolute atomic E-state index is 13.3. The average Bonchev–Trinajstić information content (AvgIpc) is 3.58. The molecule has 3 amide bonds. The van der Waals surface area contributed by atoms with Crippen LogP contribution in [0.1, 0.15) is 148 Å². The molecule has 0 aliphatic carbocycles. The van der Waals surface area contributed by atoms with Crippen LogP contribution in [-0.2, 0) is 25.5 Å².